The van der Waals surface area contributed by atoms with Crippen LogP contribution in [0.15, 0.2) is 12.4 Å². The predicted octanol–water partition coefficient (Wildman–Crippen LogP) is -0.211. The lowest BCUT2D eigenvalue weighted by Crippen LogP contribution is -2.41. The number of nitrogens with one attached hydrogen (secondary N) is 2. The Bertz CT molecular complexity index is 500. The largest absolute Gasteiger partial charge is 0.379 e. The second kappa shape index (κ2) is 6.98. The molecule has 0 atom stereocenters. The zero-order chi connectivity index (χ0) is 14.5. The number of pyridine rings is 1. The van der Waals surface area contributed by atoms with Crippen LogP contribution >= 0.6 is 0 Å². The molecular weight excluding hydrogens is 268 g/mol. The monoisotopic (exact) mass is 290 g/mol. The van der Waals surface area contributed by atoms with E-state index in [0.29, 0.717) is 6.54 Å². The van der Waals surface area contributed by atoms with Crippen LogP contribution in [0.4, 0.5) is 0 Å². The minimum absolute atomic E-state index is 0.00508. The minimum Gasteiger partial charge on any atom is -0.379 e. The van der Waals surface area contributed by atoms with Gasteiger partial charge >= 0.3 is 0 Å². The summed E-state index contributed by atoms with van der Waals surface area (Å²) < 4.78 is 5.32. The average molecular weight is 290 g/mol. The molecule has 21 heavy (non-hydrogen) atoms. The molecule has 0 bridgehead atoms. The van der Waals surface area contributed by atoms with E-state index in [1.165, 1.54) is 0 Å². The smallest absolute Gasteiger partial charge is 0.253 e. The van der Waals surface area contributed by atoms with E-state index in [-0.39, 0.29) is 5.91 Å². The standard InChI is InChI=1S/C15H22N4O2/c20-15(18-3-4-19-5-7-21-8-6-19)14-11-17-10-12-9-16-2-1-13(12)14/h10-11,16H,1-9H2,(H,18,20). The first-order valence-corrected chi connectivity index (χ1v) is 7.59. The highest BCUT2D eigenvalue weighted by atomic mass is 16.5. The maximum Gasteiger partial charge on any atom is 0.253 e. The second-order valence-electron chi connectivity index (χ2n) is 5.46. The first kappa shape index (κ1) is 14.4. The third-order valence-corrected chi connectivity index (χ3v) is 4.08. The zero-order valence-corrected chi connectivity index (χ0v) is 12.2. The molecule has 3 heterocycles. The van der Waals surface area contributed by atoms with Crippen molar-refractivity contribution in [3.05, 3.63) is 29.1 Å². The summed E-state index contributed by atoms with van der Waals surface area (Å²) >= 11 is 0. The van der Waals surface area contributed by atoms with Crippen molar-refractivity contribution >= 4 is 5.91 Å². The molecule has 0 unspecified atom stereocenters. The molecule has 2 aliphatic rings. The van der Waals surface area contributed by atoms with Crippen LogP contribution in [0.2, 0.25) is 0 Å². The summed E-state index contributed by atoms with van der Waals surface area (Å²) in [7, 11) is 0. The van der Waals surface area contributed by atoms with Crippen LogP contribution in [0.3, 0.4) is 0 Å². The molecule has 114 valence electrons. The fourth-order valence-corrected chi connectivity index (χ4v) is 2.86. The van der Waals surface area contributed by atoms with Gasteiger partial charge in [-0.2, -0.15) is 0 Å². The Hall–Kier alpha value is -1.50. The predicted molar refractivity (Wildman–Crippen MR) is 79.2 cm³/mol. The van der Waals surface area contributed by atoms with Gasteiger partial charge in [-0.1, -0.05) is 0 Å². The van der Waals surface area contributed by atoms with E-state index < -0.39 is 0 Å². The number of ether oxygens (including phenoxy) is 1. The lowest BCUT2D eigenvalue weighted by Gasteiger charge is -2.26. The average Bonchev–Trinajstić information content (AvgIpc) is 2.55. The van der Waals surface area contributed by atoms with Crippen molar-refractivity contribution < 1.29 is 9.53 Å². The fourth-order valence-electron chi connectivity index (χ4n) is 2.86. The minimum atomic E-state index is -0.00508. The fraction of sp³-hybridized carbons (Fsp3) is 0.600. The molecule has 1 fully saturated rings. The Morgan fingerprint density at radius 3 is 3.10 bits per heavy atom. The van der Waals surface area contributed by atoms with E-state index in [0.717, 1.165) is 69.0 Å². The van der Waals surface area contributed by atoms with Crippen molar-refractivity contribution in [1.29, 1.82) is 0 Å². The molecular formula is C15H22N4O2. The summed E-state index contributed by atoms with van der Waals surface area (Å²) in [5.41, 5.74) is 3.02. The van der Waals surface area contributed by atoms with Crippen molar-refractivity contribution in [1.82, 2.24) is 20.5 Å². The Kier molecular flexibility index (Phi) is 4.80. The number of carbonyl (C=O) groups is 1. The number of rotatable bonds is 4. The van der Waals surface area contributed by atoms with E-state index >= 15 is 0 Å². The Labute approximate surface area is 124 Å². The van der Waals surface area contributed by atoms with Crippen molar-refractivity contribution in [3.63, 3.8) is 0 Å². The van der Waals surface area contributed by atoms with Crippen LogP contribution in [0.5, 0.6) is 0 Å². The van der Waals surface area contributed by atoms with Gasteiger partial charge in [-0.25, -0.2) is 0 Å². The molecule has 6 heteroatoms. The third-order valence-electron chi connectivity index (χ3n) is 4.08. The maximum atomic E-state index is 12.3. The van der Waals surface area contributed by atoms with Crippen LogP contribution in [0.1, 0.15) is 21.5 Å². The molecule has 1 aromatic heterocycles. The lowest BCUT2D eigenvalue weighted by atomic mass is 9.98. The maximum absolute atomic E-state index is 12.3. The quantitative estimate of drug-likeness (QED) is 0.803. The van der Waals surface area contributed by atoms with Crippen LogP contribution in [-0.2, 0) is 17.7 Å². The highest BCUT2D eigenvalue weighted by molar-refractivity contribution is 5.95. The van der Waals surface area contributed by atoms with Gasteiger partial charge in [0.15, 0.2) is 0 Å². The van der Waals surface area contributed by atoms with E-state index in [2.05, 4.69) is 20.5 Å². The Balaban J connectivity index is 1.55. The van der Waals surface area contributed by atoms with E-state index in [9.17, 15) is 4.79 Å². The van der Waals surface area contributed by atoms with Crippen LogP contribution in [-0.4, -0.2) is 61.7 Å². The van der Waals surface area contributed by atoms with Crippen molar-refractivity contribution in [2.75, 3.05) is 45.9 Å². The SMILES string of the molecule is O=C(NCCN1CCOCC1)c1cncc2c1CCNC2. The number of amides is 1. The van der Waals surface area contributed by atoms with Crippen LogP contribution in [0.25, 0.3) is 0 Å². The van der Waals surface area contributed by atoms with Gasteiger partial charge in [-0.05, 0) is 24.1 Å². The molecule has 1 saturated heterocycles. The van der Waals surface area contributed by atoms with Crippen LogP contribution in [0, 0.1) is 0 Å². The van der Waals surface area contributed by atoms with Crippen molar-refractivity contribution in [3.8, 4) is 0 Å². The van der Waals surface area contributed by atoms with Crippen molar-refractivity contribution in [2.45, 2.75) is 13.0 Å². The number of hydrogen-bond acceptors (Lipinski definition) is 5. The summed E-state index contributed by atoms with van der Waals surface area (Å²) in [5.74, 6) is -0.00508. The molecule has 2 N–H and O–H groups in total. The molecule has 3 rings (SSSR count). The Morgan fingerprint density at radius 1 is 1.38 bits per heavy atom. The molecule has 0 saturated carbocycles. The summed E-state index contributed by atoms with van der Waals surface area (Å²) in [6.45, 7) is 6.74. The van der Waals surface area contributed by atoms with Gasteiger partial charge < -0.3 is 15.4 Å². The Morgan fingerprint density at radius 2 is 2.24 bits per heavy atom. The topological polar surface area (TPSA) is 66.5 Å². The molecule has 2 aliphatic heterocycles. The number of carbonyl (C=O) groups excluding carboxylic acids is 1. The summed E-state index contributed by atoms with van der Waals surface area (Å²) in [4.78, 5) is 18.8. The molecule has 0 aliphatic carbocycles. The summed E-state index contributed by atoms with van der Waals surface area (Å²) in [6, 6.07) is 0. The normalized spacial score (nSPS) is 19.0. The second-order valence-corrected chi connectivity index (χ2v) is 5.46. The molecule has 1 amide bonds. The number of morpholine rings is 1. The number of aromatic nitrogens is 1. The summed E-state index contributed by atoms with van der Waals surface area (Å²) in [6.07, 6.45) is 4.43. The molecule has 0 spiro atoms. The molecule has 0 radical (unpaired) electrons. The van der Waals surface area contributed by atoms with Gasteiger partial charge in [0.25, 0.3) is 5.91 Å². The van der Waals surface area contributed by atoms with Gasteiger partial charge in [-0.15, -0.1) is 0 Å². The number of nitrogens with zero attached hydrogens (tertiary/aromatic N) is 2. The van der Waals surface area contributed by atoms with Gasteiger partial charge in [-0.3, -0.25) is 14.7 Å². The van der Waals surface area contributed by atoms with Gasteiger partial charge in [0.1, 0.15) is 0 Å². The van der Waals surface area contributed by atoms with Gasteiger partial charge in [0, 0.05) is 45.1 Å². The van der Waals surface area contributed by atoms with Crippen LogP contribution < -0.4 is 10.6 Å². The third kappa shape index (κ3) is 3.58. The number of fused-ring (bicyclic) bond motifs is 1. The summed E-state index contributed by atoms with van der Waals surface area (Å²) in [5, 5.41) is 6.32. The molecule has 1 aromatic rings. The highest BCUT2D eigenvalue weighted by Crippen LogP contribution is 2.17. The number of hydrogen-bond donors (Lipinski definition) is 2. The first-order chi connectivity index (χ1) is 10.3. The first-order valence-electron chi connectivity index (χ1n) is 7.59. The van der Waals surface area contributed by atoms with E-state index in [1.807, 2.05) is 6.20 Å². The zero-order valence-electron chi connectivity index (χ0n) is 12.2. The van der Waals surface area contributed by atoms with E-state index in [1.54, 1.807) is 6.20 Å². The van der Waals surface area contributed by atoms with Gasteiger partial charge in [0.2, 0.25) is 0 Å². The highest BCUT2D eigenvalue weighted by Gasteiger charge is 2.18. The van der Waals surface area contributed by atoms with Crippen molar-refractivity contribution in [2.24, 2.45) is 0 Å². The van der Waals surface area contributed by atoms with Gasteiger partial charge in [0.05, 0.1) is 18.8 Å². The molecule has 6 nitrogen and oxygen atoms in total. The lowest BCUT2D eigenvalue weighted by molar-refractivity contribution is 0.0383. The molecule has 0 aromatic carbocycles. The van der Waals surface area contributed by atoms with E-state index in [4.69, 9.17) is 4.74 Å².